The number of piperidine rings is 2. The first kappa shape index (κ1) is 33.4. The molecule has 2 aromatic heterocycles. The molecule has 58 heavy (non-hydrogen) atoms. The van der Waals surface area contributed by atoms with Crippen LogP contribution in [0.4, 0.5) is 5.69 Å². The van der Waals surface area contributed by atoms with E-state index in [1.807, 2.05) is 12.1 Å². The van der Waals surface area contributed by atoms with Crippen LogP contribution >= 0.6 is 0 Å². The van der Waals surface area contributed by atoms with Crippen LogP contribution in [0, 0.1) is 11.3 Å². The van der Waals surface area contributed by atoms with Crippen LogP contribution in [0.25, 0.3) is 21.9 Å². The Labute approximate surface area is 339 Å². The second-order valence-electron chi connectivity index (χ2n) is 17.2. The highest BCUT2D eigenvalue weighted by Crippen LogP contribution is 2.45. The lowest BCUT2D eigenvalue weighted by Crippen LogP contribution is -2.61. The smallest absolute Gasteiger partial charge is 0.262 e. The molecule has 300 valence electrons. The van der Waals surface area contributed by atoms with Gasteiger partial charge in [0.15, 0.2) is 0 Å². The average Bonchev–Trinajstić information content (AvgIpc) is 4.03. The van der Waals surface area contributed by atoms with Crippen LogP contribution < -0.4 is 20.5 Å². The summed E-state index contributed by atoms with van der Waals surface area (Å²) >= 11 is 0. The van der Waals surface area contributed by atoms with E-state index in [0.29, 0.717) is 51.8 Å². The quantitative estimate of drug-likeness (QED) is 0.239. The number of aromatic nitrogens is 2. The normalized spacial score (nSPS) is 23.3. The van der Waals surface area contributed by atoms with E-state index in [4.69, 9.17) is 8.85 Å². The number of rotatable bonds is 9. The number of likely N-dealkylation sites (tertiary alicyclic amines) is 2. The topological polar surface area (TPSA) is 158 Å². The molecule has 1 spiro atoms. The molecule has 0 radical (unpaired) electrons. The van der Waals surface area contributed by atoms with Gasteiger partial charge >= 0.3 is 0 Å². The molecule has 5 fully saturated rings. The summed E-state index contributed by atoms with van der Waals surface area (Å²) in [5.41, 5.74) is 3.61. The molecule has 4 amide bonds. The molecule has 1 atom stereocenters. The highest BCUT2D eigenvalue weighted by atomic mass is 16.5. The van der Waals surface area contributed by atoms with Gasteiger partial charge in [-0.1, -0.05) is 0 Å². The summed E-state index contributed by atoms with van der Waals surface area (Å²) in [6.07, 6.45) is 7.22. The molecule has 2 N–H and O–H groups in total. The molecule has 6 aliphatic rings. The van der Waals surface area contributed by atoms with Gasteiger partial charge in [0, 0.05) is 103 Å². The first-order chi connectivity index (χ1) is 29.2. The van der Waals surface area contributed by atoms with Crippen molar-refractivity contribution in [3.8, 4) is 22.6 Å². The van der Waals surface area contributed by atoms with Gasteiger partial charge in [-0.15, -0.1) is 0 Å². The summed E-state index contributed by atoms with van der Waals surface area (Å²) < 4.78 is 30.6. The van der Waals surface area contributed by atoms with E-state index in [1.54, 1.807) is 31.4 Å². The fourth-order valence-corrected chi connectivity index (χ4v) is 9.85. The number of amides is 4. The van der Waals surface area contributed by atoms with Gasteiger partial charge in [0.25, 0.3) is 17.4 Å². The maximum atomic E-state index is 13.4. The number of pyridine rings is 2. The molecular formula is C44H47N7O7. The molecular weight excluding hydrogens is 739 g/mol. The standard InChI is InChI=1S/C44H47N7O7/c1-47-21-33(30-16-35(26-3-4-26)45-17-32(30)41(47)55)27-13-37(52)34(38(14-27)58-2)22-49-19-25(20-49)18-48-11-9-44(10-12-48)23-50(24-44)28-5-6-29-31(15-28)43(57)51(42(29)56)36-7-8-39(53)46-40(36)54/h5-6,13-17,21,25-26,36,52H,3-4,7-12,18-20,22-24H2,1-2H3,(H,46,53,54)/i1D3. The Bertz CT molecular complexity index is 2590. The number of phenolic OH excluding ortho intramolecular Hbond substituents is 1. The molecule has 1 saturated carbocycles. The van der Waals surface area contributed by atoms with E-state index in [9.17, 15) is 29.1 Å². The monoisotopic (exact) mass is 788 g/mol. The number of anilines is 1. The van der Waals surface area contributed by atoms with Gasteiger partial charge in [0.1, 0.15) is 17.5 Å². The molecule has 0 bridgehead atoms. The Morgan fingerprint density at radius 1 is 0.931 bits per heavy atom. The zero-order chi connectivity index (χ0) is 42.5. The predicted octanol–water partition coefficient (Wildman–Crippen LogP) is 3.63. The van der Waals surface area contributed by atoms with E-state index in [-0.39, 0.29) is 35.0 Å². The van der Waals surface area contributed by atoms with Crippen molar-refractivity contribution < 1.29 is 33.1 Å². The Morgan fingerprint density at radius 3 is 2.43 bits per heavy atom. The van der Waals surface area contributed by atoms with Gasteiger partial charge in [0.05, 0.1) is 23.6 Å². The lowest BCUT2D eigenvalue weighted by Gasteiger charge is -2.55. The van der Waals surface area contributed by atoms with Gasteiger partial charge in [-0.25, -0.2) is 0 Å². The van der Waals surface area contributed by atoms with Crippen molar-refractivity contribution in [2.75, 3.05) is 57.8 Å². The minimum atomic E-state index is -2.70. The summed E-state index contributed by atoms with van der Waals surface area (Å²) in [5.74, 6) is -0.662. The number of aryl methyl sites for hydroxylation is 1. The van der Waals surface area contributed by atoms with Gasteiger partial charge in [-0.3, -0.25) is 44.1 Å². The first-order valence-corrected chi connectivity index (χ1v) is 20.2. The third-order valence-corrected chi connectivity index (χ3v) is 13.3. The van der Waals surface area contributed by atoms with Gasteiger partial charge in [0.2, 0.25) is 11.8 Å². The summed E-state index contributed by atoms with van der Waals surface area (Å²) in [4.78, 5) is 76.4. The zero-order valence-electron chi connectivity index (χ0n) is 35.3. The second kappa shape index (κ2) is 13.8. The summed E-state index contributed by atoms with van der Waals surface area (Å²) in [5, 5.41) is 14.5. The number of nitrogens with zero attached hydrogens (tertiary/aromatic N) is 6. The van der Waals surface area contributed by atoms with Crippen LogP contribution in [0.5, 0.6) is 11.5 Å². The third kappa shape index (κ3) is 6.24. The zero-order valence-corrected chi connectivity index (χ0v) is 32.3. The Kier molecular flexibility index (Phi) is 7.92. The highest BCUT2D eigenvalue weighted by molar-refractivity contribution is 6.23. The number of methoxy groups -OCH3 is 1. The second-order valence-corrected chi connectivity index (χ2v) is 17.2. The predicted molar refractivity (Wildman–Crippen MR) is 215 cm³/mol. The van der Waals surface area contributed by atoms with Crippen LogP contribution in [0.15, 0.2) is 53.6 Å². The maximum absolute atomic E-state index is 13.4. The van der Waals surface area contributed by atoms with Crippen molar-refractivity contribution in [3.63, 3.8) is 0 Å². The average molecular weight is 789 g/mol. The summed E-state index contributed by atoms with van der Waals surface area (Å²) in [6, 6.07) is 9.65. The number of aromatic hydroxyl groups is 1. The minimum Gasteiger partial charge on any atom is -0.507 e. The third-order valence-electron chi connectivity index (χ3n) is 13.3. The number of imide groups is 2. The maximum Gasteiger partial charge on any atom is 0.262 e. The van der Waals surface area contributed by atoms with E-state index in [1.165, 1.54) is 12.4 Å². The van der Waals surface area contributed by atoms with Crippen LogP contribution in [-0.2, 0) is 23.1 Å². The van der Waals surface area contributed by atoms with E-state index in [0.717, 1.165) is 92.3 Å². The molecule has 1 unspecified atom stereocenters. The van der Waals surface area contributed by atoms with Crippen LogP contribution in [-0.4, -0.2) is 112 Å². The first-order valence-electron chi connectivity index (χ1n) is 21.7. The fourth-order valence-electron chi connectivity index (χ4n) is 9.85. The van der Waals surface area contributed by atoms with Crippen LogP contribution in [0.1, 0.15) is 80.5 Å². The largest absolute Gasteiger partial charge is 0.507 e. The molecule has 14 heteroatoms. The number of carbonyl (C=O) groups excluding carboxylic acids is 4. The molecule has 2 aromatic carbocycles. The Morgan fingerprint density at radius 2 is 1.71 bits per heavy atom. The molecule has 14 nitrogen and oxygen atoms in total. The van der Waals surface area contributed by atoms with Gasteiger partial charge < -0.3 is 24.2 Å². The molecule has 5 aliphatic heterocycles. The van der Waals surface area contributed by atoms with Crippen molar-refractivity contribution in [1.29, 1.82) is 0 Å². The number of carbonyl (C=O) groups is 4. The lowest BCUT2D eigenvalue weighted by atomic mass is 9.71. The fraction of sp³-hybridized carbons (Fsp3) is 0.455. The van der Waals surface area contributed by atoms with Crippen molar-refractivity contribution in [3.05, 3.63) is 81.5 Å². The number of hydrogen-bond donors (Lipinski definition) is 2. The van der Waals surface area contributed by atoms with Crippen molar-refractivity contribution >= 4 is 40.1 Å². The van der Waals surface area contributed by atoms with E-state index >= 15 is 0 Å². The van der Waals surface area contributed by atoms with Crippen molar-refractivity contribution in [2.24, 2.45) is 18.3 Å². The summed E-state index contributed by atoms with van der Waals surface area (Å²) in [6.45, 7) is 4.29. The van der Waals surface area contributed by atoms with Crippen molar-refractivity contribution in [2.45, 2.75) is 57.0 Å². The van der Waals surface area contributed by atoms with E-state index < -0.39 is 42.2 Å². The molecule has 4 aromatic rings. The highest BCUT2D eigenvalue weighted by Gasteiger charge is 2.48. The Balaban J connectivity index is 0.743. The summed E-state index contributed by atoms with van der Waals surface area (Å²) in [7, 11) is 1.55. The SMILES string of the molecule is [2H]C([2H])([2H])n1cc(-c2cc(O)c(CN3CC(CN4CCC5(CC4)CN(c4ccc6c(c4)C(=O)N(C4CCC(=O)NC4=O)C6=O)C5)C3)c(OC)c2)c2cc(C3CC3)ncc2c1=O. The molecule has 1 aliphatic carbocycles. The molecule has 10 rings (SSSR count). The molecule has 7 heterocycles. The Hall–Kier alpha value is -5.60. The number of nitrogens with one attached hydrogen (secondary N) is 1. The number of hydrogen-bond acceptors (Lipinski definition) is 11. The lowest BCUT2D eigenvalue weighted by molar-refractivity contribution is -0.136. The number of ether oxygens (including phenoxy) is 1. The number of benzene rings is 2. The van der Waals surface area contributed by atoms with Crippen LogP contribution in [0.2, 0.25) is 0 Å². The van der Waals surface area contributed by atoms with Gasteiger partial charge in [-0.2, -0.15) is 0 Å². The van der Waals surface area contributed by atoms with Gasteiger partial charge in [-0.05, 0) is 98.5 Å². The molecule has 4 saturated heterocycles. The van der Waals surface area contributed by atoms with Crippen molar-refractivity contribution in [1.82, 2.24) is 29.6 Å². The minimum absolute atomic E-state index is 0.0408. The van der Waals surface area contributed by atoms with E-state index in [2.05, 4.69) is 25.0 Å². The van der Waals surface area contributed by atoms with Crippen LogP contribution in [0.3, 0.4) is 0 Å². The number of phenols is 1. The number of fused-ring (bicyclic) bond motifs is 2.